The predicted octanol–water partition coefficient (Wildman–Crippen LogP) is 5.89. The van der Waals surface area contributed by atoms with Crippen LogP contribution in [0.4, 0.5) is 0 Å². The molecule has 2 heterocycles. The van der Waals surface area contributed by atoms with Crippen LogP contribution in [0.25, 0.3) is 16.5 Å². The summed E-state index contributed by atoms with van der Waals surface area (Å²) in [5.41, 5.74) is 2.10. The Kier molecular flexibility index (Phi) is 6.73. The summed E-state index contributed by atoms with van der Waals surface area (Å²) >= 11 is 0. The lowest BCUT2D eigenvalue weighted by atomic mass is 9.93. The fourth-order valence-electron chi connectivity index (χ4n) is 4.69. The minimum Gasteiger partial charge on any atom is -0.507 e. The van der Waals surface area contributed by atoms with Crippen LogP contribution in [0.5, 0.6) is 5.75 Å². The molecule has 0 spiro atoms. The number of carbonyl (C=O) groups is 2. The molecular weight excluding hydrogens is 464 g/mol. The maximum Gasteiger partial charge on any atom is 0.295 e. The number of benzene rings is 3. The first kappa shape index (κ1) is 24.3. The molecule has 1 N–H and O–H groups in total. The highest BCUT2D eigenvalue weighted by molar-refractivity contribution is 6.46. The molecule has 1 atom stereocenters. The molecule has 1 saturated heterocycles. The number of ketones is 1. The fraction of sp³-hybridized carbons (Fsp3) is 0.194. The Morgan fingerprint density at radius 3 is 2.49 bits per heavy atom. The van der Waals surface area contributed by atoms with E-state index in [9.17, 15) is 14.7 Å². The van der Waals surface area contributed by atoms with Gasteiger partial charge in [0.05, 0.1) is 18.2 Å². The summed E-state index contributed by atoms with van der Waals surface area (Å²) in [6.07, 6.45) is 3.30. The standard InChI is InChI=1S/C31H28N2O4/c1-20(2)19-37-24-10-5-9-23(17-24)28-27(29(34)26-12-6-8-22-7-3-4-11-25(22)26)30(35)31(36)33(28)18-21-13-15-32-16-14-21/h3-17,20,28,34H,18-19H2,1-2H3/b29-27-. The highest BCUT2D eigenvalue weighted by Crippen LogP contribution is 2.42. The van der Waals surface area contributed by atoms with E-state index in [2.05, 4.69) is 18.8 Å². The molecule has 37 heavy (non-hydrogen) atoms. The number of carbonyl (C=O) groups excluding carboxylic acids is 2. The average molecular weight is 493 g/mol. The number of hydrogen-bond acceptors (Lipinski definition) is 5. The lowest BCUT2D eigenvalue weighted by Crippen LogP contribution is -2.29. The number of pyridine rings is 1. The number of fused-ring (bicyclic) bond motifs is 1. The van der Waals surface area contributed by atoms with E-state index in [-0.39, 0.29) is 17.9 Å². The number of Topliss-reactive ketones (excluding diaryl/α,β-unsaturated/α-hetero) is 1. The first-order valence-electron chi connectivity index (χ1n) is 12.3. The molecular formula is C31H28N2O4. The van der Waals surface area contributed by atoms with Crippen LogP contribution < -0.4 is 4.74 Å². The zero-order chi connectivity index (χ0) is 25.9. The zero-order valence-corrected chi connectivity index (χ0v) is 20.8. The Hall–Kier alpha value is -4.45. The molecule has 6 heteroatoms. The minimum absolute atomic E-state index is 0.0661. The van der Waals surface area contributed by atoms with Gasteiger partial charge in [-0.3, -0.25) is 14.6 Å². The van der Waals surface area contributed by atoms with Crippen molar-refractivity contribution in [2.45, 2.75) is 26.4 Å². The SMILES string of the molecule is CC(C)COc1cccc(C2/C(=C(/O)c3cccc4ccccc34)C(=O)C(=O)N2Cc2ccncc2)c1. The van der Waals surface area contributed by atoms with Gasteiger partial charge >= 0.3 is 0 Å². The molecule has 0 saturated carbocycles. The van der Waals surface area contributed by atoms with Crippen molar-refractivity contribution in [2.75, 3.05) is 6.61 Å². The monoisotopic (exact) mass is 492 g/mol. The number of aliphatic hydroxyl groups excluding tert-OH is 1. The maximum atomic E-state index is 13.5. The number of hydrogen-bond donors (Lipinski definition) is 1. The summed E-state index contributed by atoms with van der Waals surface area (Å²) in [6, 6.07) is 23.4. The Morgan fingerprint density at radius 2 is 1.70 bits per heavy atom. The quantitative estimate of drug-likeness (QED) is 0.198. The third kappa shape index (κ3) is 4.83. The van der Waals surface area contributed by atoms with Crippen LogP contribution in [0.15, 0.2) is 96.8 Å². The Bertz CT molecular complexity index is 1490. The largest absolute Gasteiger partial charge is 0.507 e. The molecule has 1 fully saturated rings. The average Bonchev–Trinajstić information content (AvgIpc) is 3.17. The first-order chi connectivity index (χ1) is 17.9. The van der Waals surface area contributed by atoms with Gasteiger partial charge < -0.3 is 14.7 Å². The maximum absolute atomic E-state index is 13.5. The van der Waals surface area contributed by atoms with Crippen molar-refractivity contribution in [3.05, 3.63) is 114 Å². The smallest absolute Gasteiger partial charge is 0.295 e. The van der Waals surface area contributed by atoms with E-state index in [1.54, 1.807) is 18.5 Å². The summed E-state index contributed by atoms with van der Waals surface area (Å²) in [6.45, 7) is 4.87. The van der Waals surface area contributed by atoms with Crippen molar-refractivity contribution < 1.29 is 19.4 Å². The van der Waals surface area contributed by atoms with Gasteiger partial charge in [0.25, 0.3) is 11.7 Å². The van der Waals surface area contributed by atoms with E-state index in [4.69, 9.17) is 4.74 Å². The number of ether oxygens (including phenoxy) is 1. The third-order valence-electron chi connectivity index (χ3n) is 6.44. The van der Waals surface area contributed by atoms with Crippen molar-refractivity contribution >= 4 is 28.2 Å². The number of rotatable bonds is 7. The van der Waals surface area contributed by atoms with Gasteiger partial charge in [0.1, 0.15) is 11.5 Å². The second-order valence-electron chi connectivity index (χ2n) is 9.59. The minimum atomic E-state index is -0.783. The molecule has 5 rings (SSSR count). The highest BCUT2D eigenvalue weighted by atomic mass is 16.5. The van der Waals surface area contributed by atoms with Crippen molar-refractivity contribution in [3.63, 3.8) is 0 Å². The van der Waals surface area contributed by atoms with Gasteiger partial charge in [0, 0.05) is 24.5 Å². The topological polar surface area (TPSA) is 79.7 Å². The van der Waals surface area contributed by atoms with Gasteiger partial charge in [-0.05, 0) is 52.1 Å². The molecule has 1 unspecified atom stereocenters. The van der Waals surface area contributed by atoms with E-state index in [1.807, 2.05) is 72.8 Å². The Labute approximate surface area is 215 Å². The molecule has 186 valence electrons. The van der Waals surface area contributed by atoms with Gasteiger partial charge in [0.2, 0.25) is 0 Å². The lowest BCUT2D eigenvalue weighted by Gasteiger charge is -2.26. The molecule has 1 amide bonds. The van der Waals surface area contributed by atoms with Crippen LogP contribution in [0.1, 0.15) is 36.6 Å². The molecule has 0 bridgehead atoms. The number of amides is 1. The van der Waals surface area contributed by atoms with Crippen molar-refractivity contribution in [2.24, 2.45) is 5.92 Å². The second-order valence-corrected chi connectivity index (χ2v) is 9.59. The molecule has 0 aliphatic carbocycles. The first-order valence-corrected chi connectivity index (χ1v) is 12.3. The van der Waals surface area contributed by atoms with Crippen LogP contribution in [-0.2, 0) is 16.1 Å². The van der Waals surface area contributed by atoms with E-state index >= 15 is 0 Å². The van der Waals surface area contributed by atoms with Gasteiger partial charge in [-0.2, -0.15) is 0 Å². The third-order valence-corrected chi connectivity index (χ3v) is 6.44. The van der Waals surface area contributed by atoms with Crippen molar-refractivity contribution in [1.29, 1.82) is 0 Å². The molecule has 1 aliphatic heterocycles. The van der Waals surface area contributed by atoms with Gasteiger partial charge in [-0.1, -0.05) is 68.4 Å². The predicted molar refractivity (Wildman–Crippen MR) is 143 cm³/mol. The highest BCUT2D eigenvalue weighted by Gasteiger charge is 2.46. The molecule has 1 aliphatic rings. The van der Waals surface area contributed by atoms with Crippen molar-refractivity contribution in [1.82, 2.24) is 9.88 Å². The summed E-state index contributed by atoms with van der Waals surface area (Å²) in [4.78, 5) is 32.4. The van der Waals surface area contributed by atoms with E-state index in [1.165, 1.54) is 4.90 Å². The second kappa shape index (κ2) is 10.3. The van der Waals surface area contributed by atoms with Crippen LogP contribution in [0.2, 0.25) is 0 Å². The van der Waals surface area contributed by atoms with Crippen LogP contribution in [0, 0.1) is 5.92 Å². The molecule has 0 radical (unpaired) electrons. The summed E-state index contributed by atoms with van der Waals surface area (Å²) in [7, 11) is 0. The fourth-order valence-corrected chi connectivity index (χ4v) is 4.69. The van der Waals surface area contributed by atoms with Gasteiger partial charge in [-0.25, -0.2) is 0 Å². The summed E-state index contributed by atoms with van der Waals surface area (Å²) in [5, 5.41) is 13.3. The lowest BCUT2D eigenvalue weighted by molar-refractivity contribution is -0.140. The number of likely N-dealkylation sites (tertiary alicyclic amines) is 1. The number of aromatic nitrogens is 1. The van der Waals surface area contributed by atoms with Crippen molar-refractivity contribution in [3.8, 4) is 5.75 Å². The van der Waals surface area contributed by atoms with Crippen LogP contribution in [0.3, 0.4) is 0 Å². The molecule has 4 aromatic rings. The van der Waals surface area contributed by atoms with Crippen LogP contribution >= 0.6 is 0 Å². The van der Waals surface area contributed by atoms with Crippen LogP contribution in [-0.4, -0.2) is 33.3 Å². The van der Waals surface area contributed by atoms with Gasteiger partial charge in [0.15, 0.2) is 0 Å². The molecule has 6 nitrogen and oxygen atoms in total. The Balaban J connectivity index is 1.67. The number of aliphatic hydroxyl groups is 1. The summed E-state index contributed by atoms with van der Waals surface area (Å²) < 4.78 is 5.94. The zero-order valence-electron chi connectivity index (χ0n) is 20.8. The van der Waals surface area contributed by atoms with E-state index in [0.29, 0.717) is 29.4 Å². The molecule has 3 aromatic carbocycles. The van der Waals surface area contributed by atoms with E-state index in [0.717, 1.165) is 16.3 Å². The van der Waals surface area contributed by atoms with E-state index < -0.39 is 17.7 Å². The number of nitrogens with zero attached hydrogens (tertiary/aromatic N) is 2. The normalized spacial score (nSPS) is 17.1. The molecule has 1 aromatic heterocycles. The Morgan fingerprint density at radius 1 is 0.973 bits per heavy atom. The summed E-state index contributed by atoms with van der Waals surface area (Å²) in [5.74, 6) is -0.570. The van der Waals surface area contributed by atoms with Gasteiger partial charge in [-0.15, -0.1) is 0 Å².